The fourth-order valence-corrected chi connectivity index (χ4v) is 5.80. The molecule has 7 rings (SSSR count). The van der Waals surface area contributed by atoms with Crippen LogP contribution in [0.1, 0.15) is 18.7 Å². The minimum Gasteiger partial charge on any atom is -0.508 e. The van der Waals surface area contributed by atoms with Gasteiger partial charge in [-0.15, -0.1) is 0 Å². The molecule has 41 heavy (non-hydrogen) atoms. The highest BCUT2D eigenvalue weighted by Crippen LogP contribution is 2.38. The van der Waals surface area contributed by atoms with E-state index in [9.17, 15) is 13.9 Å². The van der Waals surface area contributed by atoms with Gasteiger partial charge in [0.25, 0.3) is 0 Å². The summed E-state index contributed by atoms with van der Waals surface area (Å²) < 4.78 is 53.7. The second kappa shape index (κ2) is 9.88. The Morgan fingerprint density at radius 1 is 1.05 bits per heavy atom. The maximum absolute atomic E-state index is 16.4. The molecule has 2 aromatic carbocycles. The zero-order chi connectivity index (χ0) is 28.2. The molecule has 0 spiro atoms. The smallest absolute Gasteiger partial charge is 0.319 e. The third-order valence-electron chi connectivity index (χ3n) is 8.01. The van der Waals surface area contributed by atoms with E-state index >= 15 is 4.39 Å². The number of likely N-dealkylation sites (N-methyl/N-ethyl adjacent to an activating group) is 1. The number of hydrogen-bond acceptors (Lipinski definition) is 8. The topological polar surface area (TPSA) is 92.4 Å². The number of benzene rings is 2. The van der Waals surface area contributed by atoms with Crippen molar-refractivity contribution in [1.29, 1.82) is 0 Å². The molecule has 2 aliphatic heterocycles. The SMILES string of the molecule is CN1CCC[C@H]1COc1nc(N2CCn3ccnc3C2)c2cnc(-c3cc(O)cc4ccc(F)c(F)c34)c(F)c2n1. The Hall–Kier alpha value is -4.45. The molecule has 1 saturated heterocycles. The van der Waals surface area contributed by atoms with Crippen molar-refractivity contribution in [3.05, 3.63) is 66.1 Å². The van der Waals surface area contributed by atoms with Gasteiger partial charge in [-0.3, -0.25) is 4.98 Å². The van der Waals surface area contributed by atoms with E-state index in [4.69, 9.17) is 4.74 Å². The molecule has 0 bridgehead atoms. The number of aromatic hydroxyl groups is 1. The molecule has 0 unspecified atom stereocenters. The van der Waals surface area contributed by atoms with E-state index in [0.717, 1.165) is 31.3 Å². The summed E-state index contributed by atoms with van der Waals surface area (Å²) >= 11 is 0. The van der Waals surface area contributed by atoms with Gasteiger partial charge in [0.15, 0.2) is 17.5 Å². The van der Waals surface area contributed by atoms with Crippen molar-refractivity contribution in [3.63, 3.8) is 0 Å². The summed E-state index contributed by atoms with van der Waals surface area (Å²) in [5.74, 6) is -2.07. The largest absolute Gasteiger partial charge is 0.508 e. The number of phenols is 1. The van der Waals surface area contributed by atoms with Gasteiger partial charge < -0.3 is 24.2 Å². The van der Waals surface area contributed by atoms with E-state index in [0.29, 0.717) is 37.4 Å². The number of aromatic nitrogens is 5. The van der Waals surface area contributed by atoms with Crippen LogP contribution in [0.2, 0.25) is 0 Å². The molecular formula is C29H26F3N7O2. The highest BCUT2D eigenvalue weighted by molar-refractivity contribution is 6.00. The number of imidazole rings is 1. The summed E-state index contributed by atoms with van der Waals surface area (Å²) in [4.78, 5) is 22.0. The van der Waals surface area contributed by atoms with E-state index in [1.165, 1.54) is 24.4 Å². The highest BCUT2D eigenvalue weighted by Gasteiger charge is 2.27. The number of hydrogen-bond donors (Lipinski definition) is 1. The Morgan fingerprint density at radius 2 is 1.93 bits per heavy atom. The van der Waals surface area contributed by atoms with E-state index in [2.05, 4.69) is 24.8 Å². The van der Waals surface area contributed by atoms with E-state index in [1.807, 2.05) is 22.7 Å². The molecule has 0 amide bonds. The first-order chi connectivity index (χ1) is 19.9. The van der Waals surface area contributed by atoms with Crippen LogP contribution in [0.25, 0.3) is 32.9 Å². The molecule has 5 aromatic rings. The van der Waals surface area contributed by atoms with E-state index in [-0.39, 0.29) is 45.3 Å². The van der Waals surface area contributed by atoms with Gasteiger partial charge in [-0.25, -0.2) is 18.2 Å². The molecule has 3 aromatic heterocycles. The van der Waals surface area contributed by atoms with Gasteiger partial charge in [-0.2, -0.15) is 9.97 Å². The summed E-state index contributed by atoms with van der Waals surface area (Å²) in [6, 6.07) is 4.93. The van der Waals surface area contributed by atoms with Gasteiger partial charge >= 0.3 is 6.01 Å². The summed E-state index contributed by atoms with van der Waals surface area (Å²) in [6.07, 6.45) is 7.10. The quantitative estimate of drug-likeness (QED) is 0.332. The lowest BCUT2D eigenvalue weighted by molar-refractivity contribution is 0.188. The number of halogens is 3. The molecule has 2 aliphatic rings. The number of ether oxygens (including phenoxy) is 1. The first-order valence-electron chi connectivity index (χ1n) is 13.4. The van der Waals surface area contributed by atoms with Crippen molar-refractivity contribution in [2.75, 3.05) is 31.6 Å². The molecule has 5 heterocycles. The minimum absolute atomic E-state index is 0.00996. The fourth-order valence-electron chi connectivity index (χ4n) is 5.80. The molecule has 12 heteroatoms. The molecule has 0 saturated carbocycles. The molecule has 9 nitrogen and oxygen atoms in total. The average Bonchev–Trinajstić information content (AvgIpc) is 3.61. The number of rotatable bonds is 5. The molecule has 0 aliphatic carbocycles. The summed E-state index contributed by atoms with van der Waals surface area (Å²) in [7, 11) is 2.03. The van der Waals surface area contributed by atoms with Crippen LogP contribution in [-0.2, 0) is 13.1 Å². The predicted molar refractivity (Wildman–Crippen MR) is 146 cm³/mol. The van der Waals surface area contributed by atoms with Gasteiger partial charge in [-0.05, 0) is 50.0 Å². The normalized spacial score (nSPS) is 17.5. The van der Waals surface area contributed by atoms with Gasteiger partial charge in [0.2, 0.25) is 0 Å². The van der Waals surface area contributed by atoms with Crippen LogP contribution in [0.3, 0.4) is 0 Å². The van der Waals surface area contributed by atoms with Crippen molar-refractivity contribution in [3.8, 4) is 23.0 Å². The first-order valence-corrected chi connectivity index (χ1v) is 13.4. The second-order valence-corrected chi connectivity index (χ2v) is 10.5. The number of likely N-dealkylation sites (tertiary alicyclic amines) is 1. The van der Waals surface area contributed by atoms with Crippen LogP contribution in [0.4, 0.5) is 19.0 Å². The predicted octanol–water partition coefficient (Wildman–Crippen LogP) is 4.66. The third-order valence-corrected chi connectivity index (χ3v) is 8.01. The van der Waals surface area contributed by atoms with Crippen molar-refractivity contribution < 1.29 is 23.0 Å². The Balaban J connectivity index is 1.39. The minimum atomic E-state index is -1.16. The van der Waals surface area contributed by atoms with Crippen molar-refractivity contribution >= 4 is 27.5 Å². The zero-order valence-electron chi connectivity index (χ0n) is 22.2. The number of fused-ring (bicyclic) bond motifs is 3. The number of phenolic OH excluding ortho intramolecular Hbond substituents is 1. The Labute approximate surface area is 232 Å². The summed E-state index contributed by atoms with van der Waals surface area (Å²) in [6.45, 7) is 3.00. The summed E-state index contributed by atoms with van der Waals surface area (Å²) in [5, 5.41) is 10.7. The Bertz CT molecular complexity index is 1810. The van der Waals surface area contributed by atoms with E-state index in [1.54, 1.807) is 6.20 Å². The number of anilines is 1. The highest BCUT2D eigenvalue weighted by atomic mass is 19.2. The van der Waals surface area contributed by atoms with Crippen LogP contribution in [0.5, 0.6) is 11.8 Å². The van der Waals surface area contributed by atoms with Crippen molar-refractivity contribution in [2.24, 2.45) is 0 Å². The maximum Gasteiger partial charge on any atom is 0.319 e. The second-order valence-electron chi connectivity index (χ2n) is 10.5. The van der Waals surface area contributed by atoms with Crippen LogP contribution >= 0.6 is 0 Å². The van der Waals surface area contributed by atoms with Crippen LogP contribution in [0.15, 0.2) is 42.9 Å². The first kappa shape index (κ1) is 25.5. The van der Waals surface area contributed by atoms with Crippen LogP contribution < -0.4 is 9.64 Å². The molecule has 210 valence electrons. The zero-order valence-corrected chi connectivity index (χ0v) is 22.2. The number of pyridine rings is 1. The van der Waals surface area contributed by atoms with Crippen LogP contribution in [-0.4, -0.2) is 67.3 Å². The molecule has 1 N–H and O–H groups in total. The molecule has 0 radical (unpaired) electrons. The van der Waals surface area contributed by atoms with Gasteiger partial charge in [-0.1, -0.05) is 6.07 Å². The molecular weight excluding hydrogens is 535 g/mol. The van der Waals surface area contributed by atoms with Gasteiger partial charge in [0.05, 0.1) is 11.9 Å². The summed E-state index contributed by atoms with van der Waals surface area (Å²) in [5.41, 5.74) is -0.438. The fraction of sp³-hybridized carbons (Fsp3) is 0.310. The van der Waals surface area contributed by atoms with Crippen molar-refractivity contribution in [2.45, 2.75) is 32.0 Å². The van der Waals surface area contributed by atoms with Crippen LogP contribution in [0, 0.1) is 17.5 Å². The van der Waals surface area contributed by atoms with E-state index < -0.39 is 17.5 Å². The molecule has 1 atom stereocenters. The maximum atomic E-state index is 16.4. The van der Waals surface area contributed by atoms with Gasteiger partial charge in [0.1, 0.15) is 35.2 Å². The van der Waals surface area contributed by atoms with Gasteiger partial charge in [0, 0.05) is 48.7 Å². The monoisotopic (exact) mass is 561 g/mol. The molecule has 1 fully saturated rings. The lowest BCUT2D eigenvalue weighted by Crippen LogP contribution is -2.34. The Kier molecular flexibility index (Phi) is 6.15. The van der Waals surface area contributed by atoms with Crippen molar-refractivity contribution in [1.82, 2.24) is 29.4 Å². The Morgan fingerprint density at radius 3 is 2.76 bits per heavy atom. The standard InChI is InChI=1S/C29H26F3N7O2/c1-37-7-2-3-17(37)15-41-29-35-27-20(28(36-29)39-10-9-38-8-6-33-22(38)14-39)13-34-26(25(27)32)19-12-18(40)11-16-4-5-21(30)24(31)23(16)19/h4-6,8,11-13,17,40H,2-3,7,9-10,14-15H2,1H3/t17-/m0/s1. The number of nitrogens with zero attached hydrogens (tertiary/aromatic N) is 7. The third kappa shape index (κ3) is 4.38. The lowest BCUT2D eigenvalue weighted by Gasteiger charge is -2.29. The average molecular weight is 562 g/mol. The lowest BCUT2D eigenvalue weighted by atomic mass is 9.99.